The van der Waals surface area contributed by atoms with E-state index in [0.717, 1.165) is 50.8 Å². The first-order chi connectivity index (χ1) is 20.6. The van der Waals surface area contributed by atoms with Crippen LogP contribution in [0.3, 0.4) is 0 Å². The van der Waals surface area contributed by atoms with Crippen LogP contribution in [0, 0.1) is 23.2 Å². The van der Waals surface area contributed by atoms with Gasteiger partial charge in [0.15, 0.2) is 23.0 Å². The number of nitrogens with one attached hydrogen (secondary N) is 2. The minimum absolute atomic E-state index is 0.0305. The van der Waals surface area contributed by atoms with Crippen LogP contribution >= 0.6 is 0 Å². The quantitative estimate of drug-likeness (QED) is 0.278. The summed E-state index contributed by atoms with van der Waals surface area (Å²) in [5.74, 6) is -0.265. The molecule has 1 saturated heterocycles. The molecule has 0 spiro atoms. The summed E-state index contributed by atoms with van der Waals surface area (Å²) in [5, 5.41) is 9.92. The lowest BCUT2D eigenvalue weighted by Gasteiger charge is -2.29. The molecule has 0 radical (unpaired) electrons. The summed E-state index contributed by atoms with van der Waals surface area (Å²) in [6, 6.07) is 9.97. The van der Waals surface area contributed by atoms with E-state index in [-0.39, 0.29) is 40.9 Å². The Labute approximate surface area is 254 Å². The highest BCUT2D eigenvalue weighted by atomic mass is 16.5. The number of rotatable bonds is 17. The van der Waals surface area contributed by atoms with Crippen LogP contribution in [0.25, 0.3) is 0 Å². The number of amides is 2. The number of nitrogens with zero attached hydrogens (tertiary/aromatic N) is 2. The Bertz CT molecular complexity index is 1290. The third kappa shape index (κ3) is 8.62. The summed E-state index contributed by atoms with van der Waals surface area (Å²) < 4.78 is 5.38. The van der Waals surface area contributed by atoms with Crippen LogP contribution in [0.5, 0.6) is 0 Å². The Balaban J connectivity index is 1.28. The van der Waals surface area contributed by atoms with Gasteiger partial charge >= 0.3 is 0 Å². The number of hydrogen-bond donors (Lipinski definition) is 2. The second kappa shape index (κ2) is 13.5. The molecule has 3 atom stereocenters. The van der Waals surface area contributed by atoms with Gasteiger partial charge in [-0.15, -0.1) is 0 Å². The molecule has 2 aromatic rings. The first kappa shape index (κ1) is 31.1. The molecule has 0 bridgehead atoms. The number of benzene rings is 1. The van der Waals surface area contributed by atoms with Crippen molar-refractivity contribution >= 4 is 23.4 Å². The van der Waals surface area contributed by atoms with Crippen molar-refractivity contribution in [1.82, 2.24) is 20.7 Å². The van der Waals surface area contributed by atoms with Crippen LogP contribution in [-0.2, 0) is 27.3 Å². The molecule has 9 nitrogen and oxygen atoms in total. The van der Waals surface area contributed by atoms with Gasteiger partial charge in [-0.1, -0.05) is 69.1 Å². The summed E-state index contributed by atoms with van der Waals surface area (Å²) in [6.07, 6.45) is 6.32. The fourth-order valence-electron chi connectivity index (χ4n) is 5.83. The highest BCUT2D eigenvalue weighted by Gasteiger charge is 2.48. The van der Waals surface area contributed by atoms with Crippen molar-refractivity contribution in [2.75, 3.05) is 13.1 Å². The second-order valence-corrected chi connectivity index (χ2v) is 13.7. The molecule has 5 rings (SSSR count). The van der Waals surface area contributed by atoms with Gasteiger partial charge in [-0.25, -0.2) is 0 Å². The van der Waals surface area contributed by atoms with E-state index in [1.165, 1.54) is 0 Å². The van der Waals surface area contributed by atoms with Crippen LogP contribution in [0.15, 0.2) is 40.9 Å². The molecule has 43 heavy (non-hydrogen) atoms. The maximum Gasteiger partial charge on any atom is 0.274 e. The Kier molecular flexibility index (Phi) is 9.79. The molecule has 2 heterocycles. The van der Waals surface area contributed by atoms with Crippen LogP contribution < -0.4 is 10.6 Å². The zero-order chi connectivity index (χ0) is 30.6. The predicted molar refractivity (Wildman–Crippen MR) is 162 cm³/mol. The Morgan fingerprint density at radius 2 is 1.77 bits per heavy atom. The minimum Gasteiger partial charge on any atom is -0.359 e. The first-order valence-corrected chi connectivity index (χ1v) is 16.0. The van der Waals surface area contributed by atoms with E-state index in [4.69, 9.17) is 4.52 Å². The van der Waals surface area contributed by atoms with E-state index in [1.54, 1.807) is 6.07 Å². The molecule has 3 aliphatic rings. The fourth-order valence-corrected chi connectivity index (χ4v) is 5.83. The predicted octanol–water partition coefficient (Wildman–Crippen LogP) is 4.50. The van der Waals surface area contributed by atoms with Crippen LogP contribution in [0.1, 0.15) is 93.9 Å². The maximum atomic E-state index is 13.8. The van der Waals surface area contributed by atoms with Gasteiger partial charge in [0.25, 0.3) is 5.91 Å². The van der Waals surface area contributed by atoms with Gasteiger partial charge in [0.2, 0.25) is 5.91 Å². The second-order valence-electron chi connectivity index (χ2n) is 13.7. The monoisotopic (exact) mass is 590 g/mol. The molecule has 0 unspecified atom stereocenters. The lowest BCUT2D eigenvalue weighted by molar-refractivity contribution is -0.134. The highest BCUT2D eigenvalue weighted by Crippen LogP contribution is 2.47. The van der Waals surface area contributed by atoms with Gasteiger partial charge in [-0.05, 0) is 69.0 Å². The maximum absolute atomic E-state index is 13.8. The molecule has 2 aliphatic carbocycles. The molecule has 1 aromatic heterocycles. The molecule has 9 heteroatoms. The minimum atomic E-state index is -0.722. The molecule has 232 valence electrons. The summed E-state index contributed by atoms with van der Waals surface area (Å²) in [6.45, 7) is 8.67. The fraction of sp³-hybridized carbons (Fsp3) is 0.618. The molecule has 2 N–H and O–H groups in total. The standard InChI is InChI=1S/C34H46N4O5/c1-22(2)16-28(31(40)34(3)12-13-34)36-32(41)25(17-23-8-5-4-6-9-23)19-30(39)27(18-24-10-11-24)35-33(42)29-20-26(43-37-29)21-38-14-7-15-38/h4-6,8-9,20,22,24-25,27-28H,7,10-19,21H2,1-3H3,(H,35,42)(H,36,41)/t25-,27+,28+/m1/s1. The lowest BCUT2D eigenvalue weighted by Crippen LogP contribution is -2.48. The smallest absolute Gasteiger partial charge is 0.274 e. The average molecular weight is 591 g/mol. The molecule has 1 aliphatic heterocycles. The summed E-state index contributed by atoms with van der Waals surface area (Å²) >= 11 is 0. The van der Waals surface area contributed by atoms with Crippen LogP contribution in [0.2, 0.25) is 0 Å². The van der Waals surface area contributed by atoms with Gasteiger partial charge in [-0.3, -0.25) is 24.1 Å². The first-order valence-electron chi connectivity index (χ1n) is 16.0. The van der Waals surface area contributed by atoms with Crippen molar-refractivity contribution in [3.8, 4) is 0 Å². The zero-order valence-electron chi connectivity index (χ0n) is 25.8. The van der Waals surface area contributed by atoms with E-state index < -0.39 is 23.9 Å². The van der Waals surface area contributed by atoms with E-state index in [9.17, 15) is 19.2 Å². The third-order valence-corrected chi connectivity index (χ3v) is 9.16. The molecule has 1 aromatic carbocycles. The number of ketones is 2. The van der Waals surface area contributed by atoms with Crippen molar-refractivity contribution in [3.05, 3.63) is 53.4 Å². The largest absolute Gasteiger partial charge is 0.359 e. The Morgan fingerprint density at radius 3 is 2.37 bits per heavy atom. The SMILES string of the molecule is CC(C)C[C@H](NC(=O)[C@@H](CC(=O)[C@H](CC1CC1)NC(=O)c1cc(CN2CCC2)on1)Cc1ccccc1)C(=O)C1(C)CC1. The molecular formula is C34H46N4O5. The van der Waals surface area contributed by atoms with Crippen molar-refractivity contribution in [3.63, 3.8) is 0 Å². The van der Waals surface area contributed by atoms with E-state index in [0.29, 0.717) is 37.5 Å². The number of carbonyl (C=O) groups excluding carboxylic acids is 4. The third-order valence-electron chi connectivity index (χ3n) is 9.16. The van der Waals surface area contributed by atoms with Gasteiger partial charge in [-0.2, -0.15) is 0 Å². The molecule has 2 amide bonds. The Hall–Kier alpha value is -3.33. The normalized spacial score (nSPS) is 19.6. The topological polar surface area (TPSA) is 122 Å². The van der Waals surface area contributed by atoms with Gasteiger partial charge in [0.05, 0.1) is 18.6 Å². The number of likely N-dealkylation sites (tertiary alicyclic amines) is 1. The summed E-state index contributed by atoms with van der Waals surface area (Å²) in [4.78, 5) is 56.4. The number of aromatic nitrogens is 1. The van der Waals surface area contributed by atoms with Gasteiger partial charge in [0.1, 0.15) is 0 Å². The van der Waals surface area contributed by atoms with Gasteiger partial charge < -0.3 is 15.2 Å². The highest BCUT2D eigenvalue weighted by molar-refractivity contribution is 5.98. The number of hydrogen-bond acceptors (Lipinski definition) is 7. The zero-order valence-corrected chi connectivity index (χ0v) is 25.8. The van der Waals surface area contributed by atoms with Crippen LogP contribution in [0.4, 0.5) is 0 Å². The molecule has 2 saturated carbocycles. The summed E-state index contributed by atoms with van der Waals surface area (Å²) in [5.41, 5.74) is 0.732. The van der Waals surface area contributed by atoms with E-state index in [2.05, 4.69) is 20.7 Å². The lowest BCUT2D eigenvalue weighted by atomic mass is 9.88. The van der Waals surface area contributed by atoms with Crippen LogP contribution in [-0.4, -0.2) is 58.6 Å². The van der Waals surface area contributed by atoms with E-state index in [1.807, 2.05) is 51.1 Å². The number of Topliss-reactive ketones (excluding diaryl/α,β-unsaturated/α-hetero) is 2. The van der Waals surface area contributed by atoms with Crippen molar-refractivity contribution in [2.24, 2.45) is 23.2 Å². The average Bonchev–Trinajstić information content (AvgIpc) is 3.87. The van der Waals surface area contributed by atoms with Crippen molar-refractivity contribution in [1.29, 1.82) is 0 Å². The van der Waals surface area contributed by atoms with Gasteiger partial charge in [0, 0.05) is 23.8 Å². The number of carbonyl (C=O) groups is 4. The summed E-state index contributed by atoms with van der Waals surface area (Å²) in [7, 11) is 0. The Morgan fingerprint density at radius 1 is 1.05 bits per heavy atom. The van der Waals surface area contributed by atoms with Crippen molar-refractivity contribution in [2.45, 2.75) is 97.2 Å². The van der Waals surface area contributed by atoms with E-state index >= 15 is 0 Å². The molecule has 3 fully saturated rings. The molecular weight excluding hydrogens is 544 g/mol. The van der Waals surface area contributed by atoms with Crippen molar-refractivity contribution < 1.29 is 23.7 Å².